The first-order valence-corrected chi connectivity index (χ1v) is 26.8. The number of carbonyl (C=O) groups is 3. The second kappa shape index (κ2) is 52.9. The van der Waals surface area contributed by atoms with Crippen molar-refractivity contribution in [3.63, 3.8) is 0 Å². The van der Waals surface area contributed by atoms with Gasteiger partial charge in [-0.3, -0.25) is 14.4 Å². The van der Waals surface area contributed by atoms with Gasteiger partial charge in [0, 0.05) is 19.3 Å². The number of carbonyl (C=O) groups excluding carboxylic acids is 3. The van der Waals surface area contributed by atoms with E-state index in [2.05, 4.69) is 69.4 Å². The molecule has 370 valence electrons. The standard InChI is InChI=1S/C59H98O6/c1-4-7-10-13-16-19-22-25-28-29-30-32-34-37-40-43-46-49-52-58(61)64-55-56(54-63-57(60)51-48-45-42-39-36-33-27-24-21-18-15-12-9-6-3)65-59(62)53-50-47-44-41-38-35-31-26-23-20-17-14-11-8-5-2/h8,11,14,17,20,23,26,28-33,35-36,38,56H,4-7,9-10,12-13,15-16,18-19,21-22,24-25,27,34,37,39-55H2,1-3H3/b11-8-,17-14-,23-20-,29-28-,31-26-,32-30-,36-33-,38-35-. The first-order chi connectivity index (χ1) is 32.0. The average molecular weight is 903 g/mol. The molecule has 0 aromatic heterocycles. The van der Waals surface area contributed by atoms with E-state index in [-0.39, 0.29) is 37.5 Å². The summed E-state index contributed by atoms with van der Waals surface area (Å²) >= 11 is 0. The fourth-order valence-electron chi connectivity index (χ4n) is 7.15. The number of allylic oxidation sites excluding steroid dienone is 16. The molecule has 0 spiro atoms. The second-order valence-corrected chi connectivity index (χ2v) is 17.5. The van der Waals surface area contributed by atoms with Gasteiger partial charge in [-0.25, -0.2) is 0 Å². The predicted molar refractivity (Wildman–Crippen MR) is 279 cm³/mol. The Morgan fingerprint density at radius 2 is 0.615 bits per heavy atom. The predicted octanol–water partition coefficient (Wildman–Crippen LogP) is 17.8. The highest BCUT2D eigenvalue weighted by molar-refractivity contribution is 5.71. The SMILES string of the molecule is CC\C=C/C=C\C=C/C=C\C=C/CCCCCC(=O)OC(COC(=O)CCCCC/C=C\CCCCCCCCC)COC(=O)CCCCCCC/C=C\C=C/CCCCCCCCC. The zero-order valence-electron chi connectivity index (χ0n) is 42.2. The van der Waals surface area contributed by atoms with Crippen LogP contribution in [0.3, 0.4) is 0 Å². The maximum absolute atomic E-state index is 12.8. The molecular weight excluding hydrogens is 805 g/mol. The summed E-state index contributed by atoms with van der Waals surface area (Å²) in [5, 5.41) is 0. The fourth-order valence-corrected chi connectivity index (χ4v) is 7.15. The van der Waals surface area contributed by atoms with Crippen molar-refractivity contribution in [2.75, 3.05) is 13.2 Å². The van der Waals surface area contributed by atoms with Crippen LogP contribution in [0.25, 0.3) is 0 Å². The van der Waals surface area contributed by atoms with Gasteiger partial charge in [0.1, 0.15) is 13.2 Å². The third-order valence-electron chi connectivity index (χ3n) is 11.2. The Bertz CT molecular complexity index is 1310. The molecule has 0 radical (unpaired) electrons. The van der Waals surface area contributed by atoms with Gasteiger partial charge in [-0.15, -0.1) is 0 Å². The molecule has 0 aromatic carbocycles. The van der Waals surface area contributed by atoms with Crippen LogP contribution in [-0.4, -0.2) is 37.2 Å². The summed E-state index contributed by atoms with van der Waals surface area (Å²) in [5.41, 5.74) is 0. The normalized spacial score (nSPS) is 12.8. The van der Waals surface area contributed by atoms with Crippen LogP contribution in [0.5, 0.6) is 0 Å². The molecule has 0 aliphatic carbocycles. The molecule has 6 nitrogen and oxygen atoms in total. The van der Waals surface area contributed by atoms with Gasteiger partial charge in [-0.05, 0) is 89.9 Å². The molecule has 0 N–H and O–H groups in total. The molecule has 0 saturated heterocycles. The van der Waals surface area contributed by atoms with Crippen molar-refractivity contribution in [3.05, 3.63) is 97.2 Å². The van der Waals surface area contributed by atoms with Crippen molar-refractivity contribution in [1.82, 2.24) is 0 Å². The minimum atomic E-state index is -0.813. The van der Waals surface area contributed by atoms with Gasteiger partial charge in [-0.2, -0.15) is 0 Å². The summed E-state index contributed by atoms with van der Waals surface area (Å²) in [6.45, 7) is 6.42. The van der Waals surface area contributed by atoms with E-state index in [9.17, 15) is 14.4 Å². The van der Waals surface area contributed by atoms with E-state index >= 15 is 0 Å². The highest BCUT2D eigenvalue weighted by atomic mass is 16.6. The first kappa shape index (κ1) is 61.3. The molecule has 0 bridgehead atoms. The van der Waals surface area contributed by atoms with Crippen LogP contribution >= 0.6 is 0 Å². The van der Waals surface area contributed by atoms with Crippen LogP contribution in [0.4, 0.5) is 0 Å². The molecule has 0 amide bonds. The van der Waals surface area contributed by atoms with Gasteiger partial charge in [-0.1, -0.05) is 227 Å². The molecule has 0 saturated carbocycles. The van der Waals surface area contributed by atoms with Crippen molar-refractivity contribution in [2.24, 2.45) is 0 Å². The Morgan fingerprint density at radius 1 is 0.323 bits per heavy atom. The third-order valence-corrected chi connectivity index (χ3v) is 11.2. The zero-order valence-corrected chi connectivity index (χ0v) is 42.2. The Hall–Kier alpha value is -3.67. The maximum Gasteiger partial charge on any atom is 0.306 e. The fraction of sp³-hybridized carbons (Fsp3) is 0.678. The highest BCUT2D eigenvalue weighted by Gasteiger charge is 2.19. The molecule has 0 rings (SSSR count). The molecule has 0 aromatic rings. The summed E-state index contributed by atoms with van der Waals surface area (Å²) in [6.07, 6.45) is 69.6. The molecule has 1 unspecified atom stereocenters. The van der Waals surface area contributed by atoms with Crippen LogP contribution in [-0.2, 0) is 28.6 Å². The summed E-state index contributed by atoms with van der Waals surface area (Å²) in [5.74, 6) is -0.982. The summed E-state index contributed by atoms with van der Waals surface area (Å²) in [4.78, 5) is 38.0. The Kier molecular flexibility index (Phi) is 50.0. The van der Waals surface area contributed by atoms with Gasteiger partial charge >= 0.3 is 17.9 Å². The molecule has 6 heteroatoms. The minimum Gasteiger partial charge on any atom is -0.462 e. The van der Waals surface area contributed by atoms with Crippen molar-refractivity contribution < 1.29 is 28.6 Å². The maximum atomic E-state index is 12.8. The second-order valence-electron chi connectivity index (χ2n) is 17.5. The molecule has 1 atom stereocenters. The van der Waals surface area contributed by atoms with Crippen molar-refractivity contribution >= 4 is 17.9 Å². The van der Waals surface area contributed by atoms with Crippen LogP contribution in [0, 0.1) is 0 Å². The molecule has 65 heavy (non-hydrogen) atoms. The Balaban J connectivity index is 4.51. The van der Waals surface area contributed by atoms with Crippen molar-refractivity contribution in [1.29, 1.82) is 0 Å². The lowest BCUT2D eigenvalue weighted by molar-refractivity contribution is -0.167. The van der Waals surface area contributed by atoms with Crippen LogP contribution < -0.4 is 0 Å². The lowest BCUT2D eigenvalue weighted by atomic mass is 10.1. The van der Waals surface area contributed by atoms with Gasteiger partial charge in [0.25, 0.3) is 0 Å². The average Bonchev–Trinajstić information content (AvgIpc) is 3.30. The summed E-state index contributed by atoms with van der Waals surface area (Å²) in [7, 11) is 0. The summed E-state index contributed by atoms with van der Waals surface area (Å²) in [6, 6.07) is 0. The quantitative estimate of drug-likeness (QED) is 0.0199. The van der Waals surface area contributed by atoms with Crippen LogP contribution in [0.1, 0.15) is 239 Å². The largest absolute Gasteiger partial charge is 0.462 e. The lowest BCUT2D eigenvalue weighted by Crippen LogP contribution is -2.30. The van der Waals surface area contributed by atoms with E-state index in [1.54, 1.807) is 0 Å². The van der Waals surface area contributed by atoms with Crippen molar-refractivity contribution in [3.8, 4) is 0 Å². The van der Waals surface area contributed by atoms with Crippen LogP contribution in [0.2, 0.25) is 0 Å². The zero-order chi connectivity index (χ0) is 47.2. The molecular formula is C59H98O6. The number of ether oxygens (including phenoxy) is 3. The van der Waals surface area contributed by atoms with E-state index in [1.165, 1.54) is 96.3 Å². The van der Waals surface area contributed by atoms with Gasteiger partial charge in [0.15, 0.2) is 6.10 Å². The number of rotatable bonds is 47. The number of unbranched alkanes of at least 4 members (excludes halogenated alkanes) is 25. The van der Waals surface area contributed by atoms with E-state index in [1.807, 2.05) is 48.6 Å². The molecule has 0 aliphatic heterocycles. The molecule has 0 aliphatic rings. The van der Waals surface area contributed by atoms with Gasteiger partial charge in [0.2, 0.25) is 0 Å². The monoisotopic (exact) mass is 903 g/mol. The molecule has 0 heterocycles. The van der Waals surface area contributed by atoms with Gasteiger partial charge in [0.05, 0.1) is 0 Å². The Labute approximate surface area is 400 Å². The smallest absolute Gasteiger partial charge is 0.306 e. The first-order valence-electron chi connectivity index (χ1n) is 26.8. The van der Waals surface area contributed by atoms with Gasteiger partial charge < -0.3 is 14.2 Å². The van der Waals surface area contributed by atoms with E-state index in [0.29, 0.717) is 19.3 Å². The number of esters is 3. The van der Waals surface area contributed by atoms with Crippen molar-refractivity contribution in [2.45, 2.75) is 245 Å². The summed E-state index contributed by atoms with van der Waals surface area (Å²) < 4.78 is 16.8. The topological polar surface area (TPSA) is 78.9 Å². The minimum absolute atomic E-state index is 0.109. The molecule has 0 fully saturated rings. The van der Waals surface area contributed by atoms with E-state index in [0.717, 1.165) is 96.3 Å². The number of hydrogen-bond acceptors (Lipinski definition) is 6. The third kappa shape index (κ3) is 51.2. The van der Waals surface area contributed by atoms with Crippen LogP contribution in [0.15, 0.2) is 97.2 Å². The van der Waals surface area contributed by atoms with E-state index < -0.39 is 6.10 Å². The lowest BCUT2D eigenvalue weighted by Gasteiger charge is -2.18. The van der Waals surface area contributed by atoms with E-state index in [4.69, 9.17) is 14.2 Å². The highest BCUT2D eigenvalue weighted by Crippen LogP contribution is 2.13. The number of hydrogen-bond donors (Lipinski definition) is 0. The Morgan fingerprint density at radius 3 is 1.02 bits per heavy atom.